The predicted octanol–water partition coefficient (Wildman–Crippen LogP) is 14.7. The first-order valence-electron chi connectivity index (χ1n) is 23.2. The monoisotopic (exact) mass is 853 g/mol. The predicted molar refractivity (Wildman–Crippen MR) is 286 cm³/mol. The van der Waals surface area contributed by atoms with E-state index in [1.54, 1.807) is 0 Å². The van der Waals surface area contributed by atoms with Crippen molar-refractivity contribution in [1.29, 1.82) is 0 Å². The third-order valence-corrected chi connectivity index (χ3v) is 13.5. The maximum absolute atomic E-state index is 2.49. The van der Waals surface area contributed by atoms with Crippen LogP contribution in [0, 0.1) is 55.4 Å². The molecule has 0 atom stereocenters. The summed E-state index contributed by atoms with van der Waals surface area (Å²) < 4.78 is 2.49. The second kappa shape index (κ2) is 17.4. The molecule has 4 heteroatoms. The minimum absolute atomic E-state index is 0.0902. The largest absolute Gasteiger partial charge is 0.310 e. The Bertz CT molecular complexity index is 3050. The molecule has 0 saturated heterocycles. The van der Waals surface area contributed by atoms with E-state index in [9.17, 15) is 0 Å². The topological polar surface area (TPSA) is 11.4 Å². The van der Waals surface area contributed by atoms with Crippen LogP contribution >= 0.6 is 0 Å². The van der Waals surface area contributed by atoms with Crippen LogP contribution in [-0.4, -0.2) is 11.3 Å². The minimum atomic E-state index is 0.0902. The minimum Gasteiger partial charge on any atom is -0.310 e. The van der Waals surface area contributed by atoms with Crippen LogP contribution in [0.3, 0.4) is 0 Å². The number of fused-ring (bicyclic) bond motifs is 3. The molecule has 0 unspecified atom stereocenters. The molecule has 0 fully saturated rings. The van der Waals surface area contributed by atoms with Crippen molar-refractivity contribution in [2.45, 2.75) is 55.4 Å². The smallest absolute Gasteiger partial charge is 0.243 e. The molecule has 0 aliphatic carbocycles. The lowest BCUT2D eigenvalue weighted by Crippen LogP contribution is -2.57. The van der Waals surface area contributed by atoms with E-state index in [0.29, 0.717) is 0 Å². The van der Waals surface area contributed by atoms with Crippen LogP contribution in [0.4, 0.5) is 34.1 Å². The lowest BCUT2D eigenvalue weighted by atomic mass is 9.33. The van der Waals surface area contributed by atoms with E-state index in [4.69, 9.17) is 0 Å². The van der Waals surface area contributed by atoms with Gasteiger partial charge in [0, 0.05) is 50.6 Å². The number of aromatic nitrogens is 1. The molecule has 0 radical (unpaired) electrons. The average molecular weight is 854 g/mol. The first-order valence-corrected chi connectivity index (χ1v) is 23.2. The molecule has 1 aromatic heterocycles. The number of anilines is 6. The Morgan fingerprint density at radius 1 is 0.303 bits per heavy atom. The molecular weight excluding hydrogens is 798 g/mol. The molecular formula is C62H56BN3. The molecule has 0 amide bonds. The third-order valence-electron chi connectivity index (χ3n) is 13.5. The molecule has 0 aliphatic heterocycles. The molecule has 0 aliphatic rings. The molecule has 0 bridgehead atoms. The lowest BCUT2D eigenvalue weighted by molar-refractivity contribution is 1.16. The van der Waals surface area contributed by atoms with Gasteiger partial charge in [0.1, 0.15) is 0 Å². The fourth-order valence-electron chi connectivity index (χ4n) is 11.0. The summed E-state index contributed by atoms with van der Waals surface area (Å²) in [6, 6.07) is 71.1. The van der Waals surface area contributed by atoms with Crippen LogP contribution < -0.4 is 26.2 Å². The Balaban J connectivity index is 1.22. The highest BCUT2D eigenvalue weighted by Crippen LogP contribution is 2.43. The van der Waals surface area contributed by atoms with Gasteiger partial charge in [0.15, 0.2) is 0 Å². The van der Waals surface area contributed by atoms with Gasteiger partial charge >= 0.3 is 0 Å². The van der Waals surface area contributed by atoms with Gasteiger partial charge in [-0.3, -0.25) is 0 Å². The Hall–Kier alpha value is -7.56. The first-order chi connectivity index (χ1) is 32.0. The first kappa shape index (κ1) is 42.4. The number of hydrogen-bond donors (Lipinski definition) is 0. The second-order valence-electron chi connectivity index (χ2n) is 18.3. The summed E-state index contributed by atoms with van der Waals surface area (Å²) in [4.78, 5) is 4.72. The standard InChI is InChI=1S/C62H56BN3/c1-41-33-43(3)60(44(4)34-41)63(61-45(5)35-42(2)36-46(61)6)62-47(7)37-55(38-48(62)8)66-58-31-29-53(64(49-21-13-9-14-22-49)50-23-15-10-16-24-50)39-56(58)57-40-54(30-32-59(57)66)65(51-25-17-11-18-26-51)52-27-19-12-20-28-52/h9-40H,1-8H3. The second-order valence-corrected chi connectivity index (χ2v) is 18.3. The highest BCUT2D eigenvalue weighted by atomic mass is 15.1. The maximum atomic E-state index is 2.49. The summed E-state index contributed by atoms with van der Waals surface area (Å²) in [5.74, 6) is 0. The molecule has 1 heterocycles. The van der Waals surface area contributed by atoms with Crippen molar-refractivity contribution in [2.75, 3.05) is 9.80 Å². The van der Waals surface area contributed by atoms with Gasteiger partial charge in [0.25, 0.3) is 0 Å². The van der Waals surface area contributed by atoms with Gasteiger partial charge < -0.3 is 14.4 Å². The number of aryl methyl sites for hydroxylation is 8. The van der Waals surface area contributed by atoms with Crippen molar-refractivity contribution in [2.24, 2.45) is 0 Å². The van der Waals surface area contributed by atoms with Gasteiger partial charge in [-0.25, -0.2) is 0 Å². The van der Waals surface area contributed by atoms with Crippen molar-refractivity contribution < 1.29 is 0 Å². The van der Waals surface area contributed by atoms with Gasteiger partial charge in [-0.15, -0.1) is 0 Å². The van der Waals surface area contributed by atoms with Crippen LogP contribution in [0.5, 0.6) is 0 Å². The normalized spacial score (nSPS) is 11.3. The zero-order valence-corrected chi connectivity index (χ0v) is 39.4. The maximum Gasteiger partial charge on any atom is 0.243 e. The van der Waals surface area contributed by atoms with Crippen molar-refractivity contribution >= 4 is 79.0 Å². The fourth-order valence-corrected chi connectivity index (χ4v) is 11.0. The molecule has 322 valence electrons. The van der Waals surface area contributed by atoms with Gasteiger partial charge in [-0.05, 0) is 152 Å². The fraction of sp³-hybridized carbons (Fsp3) is 0.129. The van der Waals surface area contributed by atoms with E-state index in [-0.39, 0.29) is 6.71 Å². The summed E-state index contributed by atoms with van der Waals surface area (Å²) in [5.41, 5.74) is 24.9. The SMILES string of the molecule is Cc1cc(C)c(B(c2c(C)cc(C)cc2C)c2c(C)cc(-n3c4ccc(N(c5ccccc5)c5ccccc5)cc4c4cc(N(c5ccccc5)c5ccccc5)ccc43)cc2C)c(C)c1. The molecule has 10 aromatic rings. The van der Waals surface area contributed by atoms with Crippen molar-refractivity contribution in [3.63, 3.8) is 0 Å². The summed E-state index contributed by atoms with van der Waals surface area (Å²) in [6.45, 7) is 18.4. The van der Waals surface area contributed by atoms with Crippen LogP contribution in [-0.2, 0) is 0 Å². The number of hydrogen-bond acceptors (Lipinski definition) is 2. The number of para-hydroxylation sites is 4. The van der Waals surface area contributed by atoms with E-state index in [1.165, 1.54) is 71.7 Å². The Morgan fingerprint density at radius 3 is 0.894 bits per heavy atom. The summed E-state index contributed by atoms with van der Waals surface area (Å²) >= 11 is 0. The van der Waals surface area contributed by atoms with Gasteiger partial charge in [-0.2, -0.15) is 0 Å². The van der Waals surface area contributed by atoms with Crippen molar-refractivity contribution in [1.82, 2.24) is 4.57 Å². The van der Waals surface area contributed by atoms with E-state index in [1.807, 2.05) is 0 Å². The van der Waals surface area contributed by atoms with Crippen LogP contribution in [0.1, 0.15) is 44.5 Å². The highest BCUT2D eigenvalue weighted by molar-refractivity contribution is 6.97. The Morgan fingerprint density at radius 2 is 0.591 bits per heavy atom. The van der Waals surface area contributed by atoms with Crippen molar-refractivity contribution in [3.8, 4) is 5.69 Å². The number of rotatable bonds is 10. The van der Waals surface area contributed by atoms with Crippen LogP contribution in [0.2, 0.25) is 0 Å². The zero-order chi connectivity index (χ0) is 45.6. The number of benzene rings is 9. The molecule has 3 nitrogen and oxygen atoms in total. The Kier molecular flexibility index (Phi) is 11.2. The molecule has 10 rings (SSSR count). The highest BCUT2D eigenvalue weighted by Gasteiger charge is 2.31. The van der Waals surface area contributed by atoms with Gasteiger partial charge in [0.2, 0.25) is 6.71 Å². The molecule has 0 N–H and O–H groups in total. The van der Waals surface area contributed by atoms with E-state index in [0.717, 1.165) is 50.8 Å². The zero-order valence-electron chi connectivity index (χ0n) is 39.4. The molecule has 9 aromatic carbocycles. The number of nitrogens with zero attached hydrogens (tertiary/aromatic N) is 3. The van der Waals surface area contributed by atoms with Crippen LogP contribution in [0.25, 0.3) is 27.5 Å². The molecule has 0 saturated carbocycles. The van der Waals surface area contributed by atoms with Gasteiger partial charge in [0.05, 0.1) is 11.0 Å². The lowest BCUT2D eigenvalue weighted by Gasteiger charge is -2.28. The summed E-state index contributed by atoms with van der Waals surface area (Å²) in [7, 11) is 0. The van der Waals surface area contributed by atoms with Crippen LogP contribution in [0.15, 0.2) is 194 Å². The summed E-state index contributed by atoms with van der Waals surface area (Å²) in [5, 5.41) is 2.38. The molecule has 66 heavy (non-hydrogen) atoms. The molecule has 0 spiro atoms. The van der Waals surface area contributed by atoms with Crippen molar-refractivity contribution in [3.05, 3.63) is 239 Å². The average Bonchev–Trinajstić information content (AvgIpc) is 3.63. The van der Waals surface area contributed by atoms with Gasteiger partial charge in [-0.1, -0.05) is 158 Å². The third kappa shape index (κ3) is 7.67. The quantitative estimate of drug-likeness (QED) is 0.127. The summed E-state index contributed by atoms with van der Waals surface area (Å²) in [6.07, 6.45) is 0. The van der Waals surface area contributed by atoms with E-state index >= 15 is 0 Å². The van der Waals surface area contributed by atoms with E-state index in [2.05, 4.69) is 264 Å². The van der Waals surface area contributed by atoms with E-state index < -0.39 is 0 Å². The Labute approximate surface area is 391 Å².